The number of aromatic nitrogens is 2. The summed E-state index contributed by atoms with van der Waals surface area (Å²) in [5.41, 5.74) is 13.5. The Balaban J connectivity index is 0.000000183. The number of anilines is 4. The van der Waals surface area contributed by atoms with E-state index in [4.69, 9.17) is 35.2 Å². The van der Waals surface area contributed by atoms with Crippen LogP contribution in [0.1, 0.15) is 91.2 Å². The molecule has 5 aromatic rings. The highest BCUT2D eigenvalue weighted by atomic mass is 17.1. The first-order valence-corrected chi connectivity index (χ1v) is 24.9. The second-order valence-electron chi connectivity index (χ2n) is 19.2. The first-order chi connectivity index (χ1) is 34.1. The van der Waals surface area contributed by atoms with Crippen LogP contribution in [0.4, 0.5) is 28.7 Å². The van der Waals surface area contributed by atoms with Crippen molar-refractivity contribution in [3.63, 3.8) is 0 Å². The summed E-state index contributed by atoms with van der Waals surface area (Å²) in [6.45, 7) is 10.5. The Bertz CT molecular complexity index is 2530. The molecular formula is C56H75N9O6. The van der Waals surface area contributed by atoms with Crippen LogP contribution in [0.15, 0.2) is 108 Å². The number of fused-ring (bicyclic) bond motifs is 5. The number of amidine groups is 1. The highest BCUT2D eigenvalue weighted by Gasteiger charge is 2.45. The predicted molar refractivity (Wildman–Crippen MR) is 286 cm³/mol. The molecule has 2 saturated heterocycles. The zero-order valence-electron chi connectivity index (χ0n) is 41.0. The van der Waals surface area contributed by atoms with E-state index in [9.17, 15) is 4.79 Å². The minimum Gasteiger partial charge on any atom is -0.480 e. The van der Waals surface area contributed by atoms with Crippen molar-refractivity contribution in [2.45, 2.75) is 96.2 Å². The van der Waals surface area contributed by atoms with E-state index in [0.29, 0.717) is 18.2 Å². The maximum Gasteiger partial charge on any atom is 0.330 e. The van der Waals surface area contributed by atoms with Crippen molar-refractivity contribution in [2.75, 3.05) is 81.6 Å². The lowest BCUT2D eigenvalue weighted by Gasteiger charge is -2.41. The quantitative estimate of drug-likeness (QED) is 0.0483. The fourth-order valence-electron chi connectivity index (χ4n) is 10.3. The number of benzene rings is 4. The molecule has 4 N–H and O–H groups in total. The third-order valence-electron chi connectivity index (χ3n) is 14.2. The van der Waals surface area contributed by atoms with Gasteiger partial charge in [-0.15, -0.1) is 0 Å². The van der Waals surface area contributed by atoms with Crippen LogP contribution < -0.4 is 30.3 Å². The van der Waals surface area contributed by atoms with Crippen molar-refractivity contribution >= 4 is 46.8 Å². The molecule has 71 heavy (non-hydrogen) atoms. The van der Waals surface area contributed by atoms with Crippen molar-refractivity contribution < 1.29 is 30.6 Å². The lowest BCUT2D eigenvalue weighted by molar-refractivity contribution is -0.217. The number of nitrogens with two attached hydrogens (primary N) is 1. The lowest BCUT2D eigenvalue weighted by Crippen LogP contribution is -2.49. The number of hydrogen-bond donors (Lipinski definition) is 3. The molecule has 0 unspecified atom stereocenters. The normalized spacial score (nSPS) is 18.9. The van der Waals surface area contributed by atoms with Gasteiger partial charge in [-0.1, -0.05) is 56.7 Å². The van der Waals surface area contributed by atoms with Crippen molar-refractivity contribution in [1.29, 1.82) is 0 Å². The largest absolute Gasteiger partial charge is 0.480 e. The van der Waals surface area contributed by atoms with Gasteiger partial charge in [0.25, 0.3) is 0 Å². The summed E-state index contributed by atoms with van der Waals surface area (Å²) < 4.78 is 12.7. The van der Waals surface area contributed by atoms with Crippen LogP contribution >= 0.6 is 0 Å². The molecular weight excluding hydrogens is 895 g/mol. The topological polar surface area (TPSA) is 171 Å². The van der Waals surface area contributed by atoms with Crippen LogP contribution in [0.2, 0.25) is 0 Å². The molecule has 0 bridgehead atoms. The Morgan fingerprint density at radius 2 is 1.23 bits per heavy atom. The monoisotopic (exact) mass is 970 g/mol. The molecule has 380 valence electrons. The second-order valence-corrected chi connectivity index (χ2v) is 19.2. The maximum absolute atomic E-state index is 12.2. The molecule has 0 atom stereocenters. The van der Waals surface area contributed by atoms with Gasteiger partial charge in [0, 0.05) is 100 Å². The zero-order valence-corrected chi connectivity index (χ0v) is 41.0. The number of para-hydroxylation sites is 2. The first-order valence-electron chi connectivity index (χ1n) is 24.9. The second kappa shape index (κ2) is 24.5. The van der Waals surface area contributed by atoms with Crippen molar-refractivity contribution in [3.8, 4) is 22.6 Å². The number of piperazine rings is 2. The molecule has 11 rings (SSSR count). The van der Waals surface area contributed by atoms with Crippen molar-refractivity contribution in [2.24, 2.45) is 10.7 Å². The van der Waals surface area contributed by atoms with E-state index in [1.165, 1.54) is 37.1 Å². The fourth-order valence-corrected chi connectivity index (χ4v) is 10.3. The minimum atomic E-state index is -0.480. The highest BCUT2D eigenvalue weighted by molar-refractivity contribution is 5.91. The van der Waals surface area contributed by atoms with Crippen LogP contribution in [-0.2, 0) is 26.5 Å². The SMILES string of the molecule is C.CC(N)=Nc1ccc(N2CCN(C)CC2)cc1.CN1CCN(c2ccc(Nc3ncc4c(n3)C3(CCCCC3)Oc3ccccc3-4)cc2)CC1.O=C1Cc2ccccc2OC12CCCCC2.O=COO.[HH]. The molecule has 0 amide bonds. The number of rotatable bonds is 6. The van der Waals surface area contributed by atoms with Gasteiger partial charge in [-0.3, -0.25) is 9.59 Å². The summed E-state index contributed by atoms with van der Waals surface area (Å²) in [6.07, 6.45) is 13.4. The van der Waals surface area contributed by atoms with Crippen molar-refractivity contribution in [3.05, 3.63) is 115 Å². The summed E-state index contributed by atoms with van der Waals surface area (Å²) >= 11 is 0. The number of Topliss-reactive ketones (excluding diaryl/α,β-unsaturated/α-hetero) is 1. The number of nitrogens with one attached hydrogen (secondary N) is 1. The Morgan fingerprint density at radius 3 is 1.79 bits per heavy atom. The highest BCUT2D eigenvalue weighted by Crippen LogP contribution is 2.50. The Labute approximate surface area is 421 Å². The average Bonchev–Trinajstić information content (AvgIpc) is 3.39. The van der Waals surface area contributed by atoms with Crippen molar-refractivity contribution in [1.82, 2.24) is 19.8 Å². The number of ketones is 1. The van der Waals surface area contributed by atoms with Gasteiger partial charge in [-0.25, -0.2) is 20.2 Å². The summed E-state index contributed by atoms with van der Waals surface area (Å²) in [6, 6.07) is 33.1. The van der Waals surface area contributed by atoms with E-state index in [0.717, 1.165) is 136 Å². The van der Waals surface area contributed by atoms with Gasteiger partial charge in [-0.2, -0.15) is 0 Å². The molecule has 4 aromatic carbocycles. The van der Waals surface area contributed by atoms with Gasteiger partial charge in [0.2, 0.25) is 5.95 Å². The summed E-state index contributed by atoms with van der Waals surface area (Å²) in [4.78, 5) is 47.3. The molecule has 1 aromatic heterocycles. The number of ether oxygens (including phenoxy) is 2. The molecule has 2 spiro atoms. The molecule has 2 aliphatic carbocycles. The van der Waals surface area contributed by atoms with Gasteiger partial charge in [-0.05, 0) is 133 Å². The molecule has 0 radical (unpaired) electrons. The first kappa shape index (κ1) is 52.3. The van der Waals surface area contributed by atoms with Crippen LogP contribution in [0.25, 0.3) is 11.1 Å². The number of hydrogen-bond acceptors (Lipinski definition) is 14. The van der Waals surface area contributed by atoms with Gasteiger partial charge in [0.05, 0.1) is 17.2 Å². The standard InChI is InChI=1S/C27H31N5O.C14H16O2.C13H20N4.CH2O3.CH4.H2/c1-31-15-17-32(18-16-31)21-11-9-20(10-12-21)29-26-28-19-23-22-7-3-4-8-24(22)33-27(25(23)30-26)13-5-2-6-14-27;15-13-10-11-6-2-3-7-12(11)16-14(13)8-4-1-5-9-14;1-11(14)15-12-3-5-13(6-4-12)17-9-7-16(2)8-10-17;2-1-4-3;;/h3-4,7-12,19H,2,5-6,13-18H2,1H3,(H,28,29,30);2-3,6-7H,1,4-5,8-10H2;3-6H,7-10H2,1-2H3,(H2,14,15);1,3H;1H4;1H. The van der Waals surface area contributed by atoms with E-state index >= 15 is 0 Å². The Kier molecular flexibility index (Phi) is 18.1. The Morgan fingerprint density at radius 1 is 0.718 bits per heavy atom. The number of carbonyl (C=O) groups excluding carboxylic acids is 2. The zero-order chi connectivity index (χ0) is 48.9. The fraction of sp³-hybridized carbons (Fsp3) is 0.446. The van der Waals surface area contributed by atoms with Crippen LogP contribution in [-0.4, -0.2) is 115 Å². The summed E-state index contributed by atoms with van der Waals surface area (Å²) in [5, 5.41) is 10.4. The summed E-state index contributed by atoms with van der Waals surface area (Å²) in [5.74, 6) is 3.39. The van der Waals surface area contributed by atoms with Crippen LogP contribution in [0.5, 0.6) is 11.5 Å². The number of aliphatic imine (C=N–C) groups is 1. The minimum absolute atomic E-state index is 0. The molecule has 6 aliphatic rings. The van der Waals surface area contributed by atoms with Crippen LogP contribution in [0.3, 0.4) is 0 Å². The van der Waals surface area contributed by atoms with Crippen LogP contribution in [0, 0.1) is 0 Å². The van der Waals surface area contributed by atoms with E-state index in [1.807, 2.05) is 48.7 Å². The smallest absolute Gasteiger partial charge is 0.330 e. The maximum atomic E-state index is 12.2. The molecule has 4 fully saturated rings. The van der Waals surface area contributed by atoms with Gasteiger partial charge in [0.15, 0.2) is 17.0 Å². The molecule has 2 saturated carbocycles. The van der Waals surface area contributed by atoms with E-state index < -0.39 is 5.60 Å². The predicted octanol–water partition coefficient (Wildman–Crippen LogP) is 10.0. The van der Waals surface area contributed by atoms with Gasteiger partial charge < -0.3 is 45.0 Å². The number of carbonyl (C=O) groups is 2. The van der Waals surface area contributed by atoms with E-state index in [-0.39, 0.29) is 26.7 Å². The molecule has 15 nitrogen and oxygen atoms in total. The van der Waals surface area contributed by atoms with Gasteiger partial charge >= 0.3 is 6.47 Å². The molecule has 5 heterocycles. The number of likely N-dealkylation sites (N-methyl/N-ethyl adjacent to an activating group) is 2. The Hall–Kier alpha value is -6.55. The lowest BCUT2D eigenvalue weighted by atomic mass is 9.78. The third-order valence-corrected chi connectivity index (χ3v) is 14.2. The average molecular weight is 970 g/mol. The molecule has 4 aliphatic heterocycles. The third kappa shape index (κ3) is 13.1. The summed E-state index contributed by atoms with van der Waals surface area (Å²) in [7, 11) is 4.35. The van der Waals surface area contributed by atoms with Gasteiger partial charge in [0.1, 0.15) is 11.5 Å². The van der Waals surface area contributed by atoms with E-state index in [2.05, 4.69) is 103 Å². The molecule has 15 heteroatoms. The number of nitrogens with zero attached hydrogens (tertiary/aromatic N) is 7. The van der Waals surface area contributed by atoms with E-state index in [1.54, 1.807) is 6.92 Å².